The van der Waals surface area contributed by atoms with Gasteiger partial charge in [-0.3, -0.25) is 4.70 Å². The van der Waals surface area contributed by atoms with Gasteiger partial charge in [0.25, 0.3) is 0 Å². The number of benzene rings is 1. The Morgan fingerprint density at radius 3 is 2.54 bits per heavy atom. The van der Waals surface area contributed by atoms with Crippen LogP contribution in [0.4, 0.5) is 4.70 Å². The van der Waals surface area contributed by atoms with Crippen LogP contribution >= 0.6 is 0 Å². The van der Waals surface area contributed by atoms with E-state index in [0.29, 0.717) is 6.61 Å². The quantitative estimate of drug-likeness (QED) is 0.663. The minimum absolute atomic E-state index is 0. The molecule has 0 N–H and O–H groups in total. The molecule has 0 aliphatic carbocycles. The molecule has 1 aromatic rings. The Balaban J connectivity index is 0. The first-order valence-corrected chi connectivity index (χ1v) is 3.35. The molecule has 1 radical (unpaired) electrons. The molecule has 13 heavy (non-hydrogen) atoms. The van der Waals surface area contributed by atoms with E-state index in [1.54, 1.807) is 0 Å². The normalized spacial score (nSPS) is 10.8. The van der Waals surface area contributed by atoms with Crippen molar-refractivity contribution in [3.05, 3.63) is 35.9 Å². The van der Waals surface area contributed by atoms with Crippen LogP contribution in [-0.4, -0.2) is 6.61 Å². The largest absolute Gasteiger partial charge is 0.489 e. The Labute approximate surface area is 100 Å². The average Bonchev–Trinajstić information content (AvgIpc) is 2.05. The van der Waals surface area contributed by atoms with E-state index in [4.69, 9.17) is 4.74 Å². The smallest absolute Gasteiger partial charge is 0.126 e. The van der Waals surface area contributed by atoms with Crippen molar-refractivity contribution in [2.45, 2.75) is 0 Å². The predicted molar refractivity (Wildman–Crippen MR) is 43.5 cm³/mol. The molecular weight excluding hydrogens is 272 g/mol. The van der Waals surface area contributed by atoms with Gasteiger partial charge in [0.05, 0.1) is 0 Å². The van der Waals surface area contributed by atoms with Crippen molar-refractivity contribution in [2.75, 3.05) is 6.61 Å². The van der Waals surface area contributed by atoms with Crippen LogP contribution in [0, 0.1) is 0 Å². The number of hydrogen-bond donors (Lipinski definition) is 0. The predicted octanol–water partition coefficient (Wildman–Crippen LogP) is 2.24. The van der Waals surface area contributed by atoms with Crippen molar-refractivity contribution in [2.24, 2.45) is 0 Å². The molecule has 71 valence electrons. The number of halogens is 1. The summed E-state index contributed by atoms with van der Waals surface area (Å²) in [5, 5.41) is 0. The van der Waals surface area contributed by atoms with Crippen LogP contribution in [0.2, 0.25) is 0 Å². The Morgan fingerprint density at radius 2 is 1.85 bits per heavy atom. The van der Waals surface area contributed by atoms with Crippen LogP contribution in [0.5, 0.6) is 5.75 Å². The second-order valence-electron chi connectivity index (χ2n) is 2.25. The molecule has 0 fully saturated rings. The molecular formula is C9H9CuFOZn. The summed E-state index contributed by atoms with van der Waals surface area (Å²) in [6.07, 6.45) is 4.10. The number of para-hydroxylation sites is 1. The molecule has 1 aliphatic heterocycles. The Morgan fingerprint density at radius 1 is 1.15 bits per heavy atom. The first-order chi connectivity index (χ1) is 4.97. The molecule has 0 saturated carbocycles. The molecule has 0 atom stereocenters. The molecule has 0 saturated heterocycles. The van der Waals surface area contributed by atoms with Crippen LogP contribution < -0.4 is 4.74 Å². The SMILES string of the molecule is C1=Cc2ccccc2OC1.F.[Cu].[Zn]. The van der Waals surface area contributed by atoms with E-state index in [0.717, 1.165) is 5.75 Å². The second kappa shape index (κ2) is 7.26. The number of hydrogen-bond acceptors (Lipinski definition) is 1. The fourth-order valence-electron chi connectivity index (χ4n) is 1.06. The third kappa shape index (κ3) is 3.60. The van der Waals surface area contributed by atoms with Gasteiger partial charge in [-0.1, -0.05) is 24.3 Å². The molecule has 0 amide bonds. The van der Waals surface area contributed by atoms with Gasteiger partial charge in [0.2, 0.25) is 0 Å². The zero-order chi connectivity index (χ0) is 6.81. The van der Waals surface area contributed by atoms with Gasteiger partial charge in [-0.05, 0) is 12.1 Å². The van der Waals surface area contributed by atoms with Gasteiger partial charge in [0.1, 0.15) is 12.4 Å². The summed E-state index contributed by atoms with van der Waals surface area (Å²) in [5.41, 5.74) is 1.17. The maximum atomic E-state index is 5.34. The molecule has 1 aromatic carbocycles. The maximum Gasteiger partial charge on any atom is 0.126 e. The van der Waals surface area contributed by atoms with Crippen LogP contribution in [-0.2, 0) is 36.5 Å². The Hall–Kier alpha value is -0.167. The van der Waals surface area contributed by atoms with Crippen LogP contribution in [0.3, 0.4) is 0 Å². The van der Waals surface area contributed by atoms with E-state index in [2.05, 4.69) is 6.08 Å². The molecule has 0 spiro atoms. The van der Waals surface area contributed by atoms with Crippen LogP contribution in [0.1, 0.15) is 5.56 Å². The van der Waals surface area contributed by atoms with Crippen molar-refractivity contribution in [1.29, 1.82) is 0 Å². The van der Waals surface area contributed by atoms with E-state index >= 15 is 0 Å². The van der Waals surface area contributed by atoms with Crippen molar-refractivity contribution >= 4 is 6.08 Å². The molecule has 1 heterocycles. The van der Waals surface area contributed by atoms with Gasteiger partial charge in [-0.15, -0.1) is 0 Å². The van der Waals surface area contributed by atoms with Gasteiger partial charge < -0.3 is 4.74 Å². The number of ether oxygens (including phenoxy) is 1. The van der Waals surface area contributed by atoms with Gasteiger partial charge in [0, 0.05) is 42.1 Å². The van der Waals surface area contributed by atoms with Gasteiger partial charge in [-0.2, -0.15) is 0 Å². The fourth-order valence-corrected chi connectivity index (χ4v) is 1.06. The van der Waals surface area contributed by atoms with E-state index in [1.807, 2.05) is 30.3 Å². The van der Waals surface area contributed by atoms with E-state index in [9.17, 15) is 0 Å². The summed E-state index contributed by atoms with van der Waals surface area (Å²) in [7, 11) is 0. The molecule has 0 unspecified atom stereocenters. The summed E-state index contributed by atoms with van der Waals surface area (Å²) in [5.74, 6) is 0.991. The Bertz CT molecular complexity index is 278. The number of fused-ring (bicyclic) bond motifs is 1. The topological polar surface area (TPSA) is 9.23 Å². The molecule has 1 nitrogen and oxygen atoms in total. The minimum Gasteiger partial charge on any atom is -0.489 e. The second-order valence-corrected chi connectivity index (χ2v) is 2.25. The minimum atomic E-state index is 0. The zero-order valence-electron chi connectivity index (χ0n) is 7.00. The zero-order valence-corrected chi connectivity index (χ0v) is 10.9. The first kappa shape index (κ1) is 15.3. The third-order valence-corrected chi connectivity index (χ3v) is 1.55. The van der Waals surface area contributed by atoms with Crippen molar-refractivity contribution in [3.8, 4) is 5.75 Å². The molecule has 2 rings (SSSR count). The monoisotopic (exact) mass is 279 g/mol. The van der Waals surface area contributed by atoms with E-state index in [1.165, 1.54) is 5.56 Å². The van der Waals surface area contributed by atoms with Crippen LogP contribution in [0.15, 0.2) is 30.3 Å². The van der Waals surface area contributed by atoms with Crippen LogP contribution in [0.25, 0.3) is 6.08 Å². The van der Waals surface area contributed by atoms with Crippen molar-refractivity contribution in [3.63, 3.8) is 0 Å². The summed E-state index contributed by atoms with van der Waals surface area (Å²) < 4.78 is 5.34. The fraction of sp³-hybridized carbons (Fsp3) is 0.111. The average molecular weight is 281 g/mol. The first-order valence-electron chi connectivity index (χ1n) is 3.35. The van der Waals surface area contributed by atoms with Gasteiger partial charge >= 0.3 is 0 Å². The van der Waals surface area contributed by atoms with Crippen molar-refractivity contribution < 1.29 is 46.0 Å². The Kier molecular flexibility index (Phi) is 8.55. The summed E-state index contributed by atoms with van der Waals surface area (Å²) in [6.45, 7) is 0.705. The summed E-state index contributed by atoms with van der Waals surface area (Å²) in [4.78, 5) is 0. The van der Waals surface area contributed by atoms with Gasteiger partial charge in [-0.25, -0.2) is 0 Å². The summed E-state index contributed by atoms with van der Waals surface area (Å²) in [6, 6.07) is 8.03. The third-order valence-electron chi connectivity index (χ3n) is 1.55. The molecule has 0 aromatic heterocycles. The van der Waals surface area contributed by atoms with Crippen molar-refractivity contribution in [1.82, 2.24) is 0 Å². The standard InChI is InChI=1S/C9H8O.Cu.FH.Zn/c1-2-6-9-8(4-1)5-3-7-10-9;;;/h1-6H,7H2;;1H;. The molecule has 1 aliphatic rings. The maximum absolute atomic E-state index is 5.34. The summed E-state index contributed by atoms with van der Waals surface area (Å²) >= 11 is 0. The van der Waals surface area contributed by atoms with E-state index in [-0.39, 0.29) is 41.3 Å². The molecule has 4 heteroatoms. The number of rotatable bonds is 0. The molecule has 0 bridgehead atoms. The van der Waals surface area contributed by atoms with Gasteiger partial charge in [0.15, 0.2) is 0 Å². The van der Waals surface area contributed by atoms with E-state index < -0.39 is 0 Å².